The molecule has 0 atom stereocenters. The molecule has 0 aromatic heterocycles. The van der Waals surface area contributed by atoms with Gasteiger partial charge in [-0.15, -0.1) is 0 Å². The van der Waals surface area contributed by atoms with Crippen molar-refractivity contribution in [3.8, 4) is 0 Å². The van der Waals surface area contributed by atoms with E-state index in [1.54, 1.807) is 0 Å². The molecule has 0 saturated heterocycles. The summed E-state index contributed by atoms with van der Waals surface area (Å²) in [6, 6.07) is 0. The number of amides is 1. The molecule has 0 unspecified atom stereocenters. The maximum absolute atomic E-state index is 10.8. The minimum absolute atomic E-state index is 0.142. The predicted molar refractivity (Wildman–Crippen MR) is 48.9 cm³/mol. The lowest BCUT2D eigenvalue weighted by Crippen LogP contribution is -2.32. The van der Waals surface area contributed by atoms with Gasteiger partial charge in [-0.25, -0.2) is 0 Å². The van der Waals surface area contributed by atoms with Gasteiger partial charge in [0.1, 0.15) is 0 Å². The van der Waals surface area contributed by atoms with Gasteiger partial charge in [-0.2, -0.15) is 0 Å². The number of rotatable bonds is 6. The molecule has 2 N–H and O–H groups in total. The van der Waals surface area contributed by atoms with E-state index in [0.29, 0.717) is 6.42 Å². The highest BCUT2D eigenvalue weighted by molar-refractivity contribution is 5.75. The topological polar surface area (TPSA) is 41.1 Å². The molecule has 0 spiro atoms. The van der Waals surface area contributed by atoms with Gasteiger partial charge in [-0.05, 0) is 25.3 Å². The Balaban J connectivity index is 1.78. The molecule has 12 heavy (non-hydrogen) atoms. The zero-order valence-electron chi connectivity index (χ0n) is 7.73. The molecule has 1 aliphatic carbocycles. The van der Waals surface area contributed by atoms with E-state index >= 15 is 0 Å². The Morgan fingerprint density at radius 1 is 1.42 bits per heavy atom. The van der Waals surface area contributed by atoms with E-state index < -0.39 is 0 Å². The van der Waals surface area contributed by atoms with E-state index in [2.05, 4.69) is 10.6 Å². The Morgan fingerprint density at radius 2 is 2.17 bits per heavy atom. The summed E-state index contributed by atoms with van der Waals surface area (Å²) >= 11 is 0. The van der Waals surface area contributed by atoms with Crippen LogP contribution in [0.25, 0.3) is 0 Å². The van der Waals surface area contributed by atoms with Gasteiger partial charge in [0, 0.05) is 19.5 Å². The number of hydrogen-bond acceptors (Lipinski definition) is 2. The van der Waals surface area contributed by atoms with Gasteiger partial charge in [0.25, 0.3) is 0 Å². The highest BCUT2D eigenvalue weighted by Crippen LogP contribution is 2.27. The van der Waals surface area contributed by atoms with Gasteiger partial charge in [-0.1, -0.05) is 6.92 Å². The first-order valence-electron chi connectivity index (χ1n) is 4.80. The van der Waals surface area contributed by atoms with Crippen LogP contribution in [0, 0.1) is 5.92 Å². The molecular weight excluding hydrogens is 152 g/mol. The fourth-order valence-electron chi connectivity index (χ4n) is 1.04. The SMILES string of the molecule is CCC(=O)NCCNCC1CC1. The Hall–Kier alpha value is -0.570. The van der Waals surface area contributed by atoms with Crippen molar-refractivity contribution in [3.63, 3.8) is 0 Å². The minimum atomic E-state index is 0.142. The number of nitrogens with one attached hydrogen (secondary N) is 2. The average Bonchev–Trinajstić information content (AvgIpc) is 2.87. The quantitative estimate of drug-likeness (QED) is 0.570. The Morgan fingerprint density at radius 3 is 2.75 bits per heavy atom. The smallest absolute Gasteiger partial charge is 0.219 e. The standard InChI is InChI=1S/C9H18N2O/c1-2-9(12)11-6-5-10-7-8-3-4-8/h8,10H,2-7H2,1H3,(H,11,12). The van der Waals surface area contributed by atoms with Crippen LogP contribution in [0.15, 0.2) is 0 Å². The van der Waals surface area contributed by atoms with Crippen molar-refractivity contribution in [2.45, 2.75) is 26.2 Å². The molecule has 1 rings (SSSR count). The van der Waals surface area contributed by atoms with Gasteiger partial charge in [0.2, 0.25) is 5.91 Å². The number of carbonyl (C=O) groups excluding carboxylic acids is 1. The van der Waals surface area contributed by atoms with Gasteiger partial charge >= 0.3 is 0 Å². The molecule has 0 bridgehead atoms. The normalized spacial score (nSPS) is 16.1. The molecule has 3 nitrogen and oxygen atoms in total. The highest BCUT2D eigenvalue weighted by Gasteiger charge is 2.19. The Labute approximate surface area is 73.9 Å². The van der Waals surface area contributed by atoms with Crippen LogP contribution in [0.5, 0.6) is 0 Å². The Kier molecular flexibility index (Phi) is 4.08. The van der Waals surface area contributed by atoms with E-state index in [0.717, 1.165) is 25.6 Å². The minimum Gasteiger partial charge on any atom is -0.355 e. The van der Waals surface area contributed by atoms with Crippen LogP contribution >= 0.6 is 0 Å². The predicted octanol–water partition coefficient (Wildman–Crippen LogP) is 0.512. The molecule has 1 aliphatic rings. The van der Waals surface area contributed by atoms with Crippen LogP contribution in [0.4, 0.5) is 0 Å². The molecule has 0 aromatic rings. The molecule has 1 amide bonds. The van der Waals surface area contributed by atoms with Gasteiger partial charge in [0.15, 0.2) is 0 Å². The monoisotopic (exact) mass is 170 g/mol. The molecule has 0 heterocycles. The lowest BCUT2D eigenvalue weighted by Gasteiger charge is -2.04. The average molecular weight is 170 g/mol. The first-order valence-corrected chi connectivity index (χ1v) is 4.80. The molecule has 1 fully saturated rings. The number of hydrogen-bond donors (Lipinski definition) is 2. The fraction of sp³-hybridized carbons (Fsp3) is 0.889. The Bertz CT molecular complexity index is 143. The van der Waals surface area contributed by atoms with Gasteiger partial charge in [0.05, 0.1) is 0 Å². The van der Waals surface area contributed by atoms with E-state index in [9.17, 15) is 4.79 Å². The second-order valence-electron chi connectivity index (χ2n) is 3.35. The van der Waals surface area contributed by atoms with Gasteiger partial charge < -0.3 is 10.6 Å². The molecule has 0 aliphatic heterocycles. The van der Waals surface area contributed by atoms with Crippen molar-refractivity contribution >= 4 is 5.91 Å². The summed E-state index contributed by atoms with van der Waals surface area (Å²) in [5.74, 6) is 1.06. The van der Waals surface area contributed by atoms with Crippen molar-refractivity contribution in [2.75, 3.05) is 19.6 Å². The number of carbonyl (C=O) groups is 1. The van der Waals surface area contributed by atoms with Gasteiger partial charge in [-0.3, -0.25) is 4.79 Å². The zero-order chi connectivity index (χ0) is 8.81. The molecule has 3 heteroatoms. The first kappa shape index (κ1) is 9.52. The maximum Gasteiger partial charge on any atom is 0.219 e. The summed E-state index contributed by atoms with van der Waals surface area (Å²) in [5, 5.41) is 6.14. The summed E-state index contributed by atoms with van der Waals surface area (Å²) in [7, 11) is 0. The third-order valence-corrected chi connectivity index (χ3v) is 2.07. The third-order valence-electron chi connectivity index (χ3n) is 2.07. The zero-order valence-corrected chi connectivity index (χ0v) is 7.73. The van der Waals surface area contributed by atoms with Crippen LogP contribution < -0.4 is 10.6 Å². The molecule has 0 radical (unpaired) electrons. The summed E-state index contributed by atoms with van der Waals surface area (Å²) in [6.07, 6.45) is 3.35. The maximum atomic E-state index is 10.8. The largest absolute Gasteiger partial charge is 0.355 e. The fourth-order valence-corrected chi connectivity index (χ4v) is 1.04. The summed E-state index contributed by atoms with van der Waals surface area (Å²) in [4.78, 5) is 10.8. The van der Waals surface area contributed by atoms with Crippen LogP contribution in [0.3, 0.4) is 0 Å². The lowest BCUT2D eigenvalue weighted by atomic mass is 10.4. The molecule has 1 saturated carbocycles. The van der Waals surface area contributed by atoms with Crippen LogP contribution in [0.1, 0.15) is 26.2 Å². The molecular formula is C9H18N2O. The van der Waals surface area contributed by atoms with Crippen molar-refractivity contribution < 1.29 is 4.79 Å². The second kappa shape index (κ2) is 5.14. The van der Waals surface area contributed by atoms with Crippen molar-refractivity contribution in [1.29, 1.82) is 0 Å². The van der Waals surface area contributed by atoms with E-state index in [4.69, 9.17) is 0 Å². The summed E-state index contributed by atoms with van der Waals surface area (Å²) < 4.78 is 0. The van der Waals surface area contributed by atoms with Crippen molar-refractivity contribution in [3.05, 3.63) is 0 Å². The summed E-state index contributed by atoms with van der Waals surface area (Å²) in [5.41, 5.74) is 0. The van der Waals surface area contributed by atoms with Crippen molar-refractivity contribution in [1.82, 2.24) is 10.6 Å². The van der Waals surface area contributed by atoms with E-state index in [1.807, 2.05) is 6.92 Å². The first-order chi connectivity index (χ1) is 5.83. The highest BCUT2D eigenvalue weighted by atomic mass is 16.1. The molecule has 70 valence electrons. The van der Waals surface area contributed by atoms with Crippen LogP contribution in [-0.4, -0.2) is 25.5 Å². The lowest BCUT2D eigenvalue weighted by molar-refractivity contribution is -0.120. The van der Waals surface area contributed by atoms with Crippen LogP contribution in [0.2, 0.25) is 0 Å². The second-order valence-corrected chi connectivity index (χ2v) is 3.35. The van der Waals surface area contributed by atoms with Crippen molar-refractivity contribution in [2.24, 2.45) is 5.92 Å². The van der Waals surface area contributed by atoms with Crippen LogP contribution in [-0.2, 0) is 4.79 Å². The van der Waals surface area contributed by atoms with E-state index in [1.165, 1.54) is 12.8 Å². The third kappa shape index (κ3) is 4.34. The summed E-state index contributed by atoms with van der Waals surface area (Å²) in [6.45, 7) is 4.66. The van der Waals surface area contributed by atoms with E-state index in [-0.39, 0.29) is 5.91 Å². The molecule has 0 aromatic carbocycles.